The van der Waals surface area contributed by atoms with Crippen LogP contribution in [0.2, 0.25) is 0 Å². The first kappa shape index (κ1) is 15.0. The standard InChI is InChI=1S/C18H24N2O3/c1-13-10-20(11-16(13)19-6-8-22-9-7-19)18(21)15-12-23-17-5-3-2-4-14(15)17/h2-5,13,15-16H,6-12H2,1H3/t13-,15+,16+/m1/s1. The van der Waals surface area contributed by atoms with Crippen LogP contribution in [0.1, 0.15) is 18.4 Å². The average molecular weight is 316 g/mol. The lowest BCUT2D eigenvalue weighted by molar-refractivity contribution is -0.132. The van der Waals surface area contributed by atoms with Gasteiger partial charge in [-0.25, -0.2) is 0 Å². The molecule has 3 aliphatic rings. The van der Waals surface area contributed by atoms with Crippen molar-refractivity contribution in [2.45, 2.75) is 18.9 Å². The molecular formula is C18H24N2O3. The van der Waals surface area contributed by atoms with Crippen molar-refractivity contribution < 1.29 is 14.3 Å². The van der Waals surface area contributed by atoms with Crippen molar-refractivity contribution in [2.75, 3.05) is 46.0 Å². The van der Waals surface area contributed by atoms with Gasteiger partial charge < -0.3 is 14.4 Å². The van der Waals surface area contributed by atoms with Gasteiger partial charge in [-0.15, -0.1) is 0 Å². The van der Waals surface area contributed by atoms with E-state index in [1.807, 2.05) is 29.2 Å². The van der Waals surface area contributed by atoms with Crippen molar-refractivity contribution in [1.82, 2.24) is 9.80 Å². The fourth-order valence-electron chi connectivity index (χ4n) is 4.10. The van der Waals surface area contributed by atoms with Crippen molar-refractivity contribution in [3.05, 3.63) is 29.8 Å². The predicted molar refractivity (Wildman–Crippen MR) is 86.6 cm³/mol. The fourth-order valence-corrected chi connectivity index (χ4v) is 4.10. The zero-order chi connectivity index (χ0) is 15.8. The second-order valence-electron chi connectivity index (χ2n) is 6.84. The van der Waals surface area contributed by atoms with E-state index in [-0.39, 0.29) is 11.8 Å². The molecule has 3 aliphatic heterocycles. The quantitative estimate of drug-likeness (QED) is 0.826. The first-order valence-corrected chi connectivity index (χ1v) is 8.56. The van der Waals surface area contributed by atoms with Crippen LogP contribution in [0, 0.1) is 5.92 Å². The van der Waals surface area contributed by atoms with E-state index in [1.54, 1.807) is 0 Å². The molecule has 0 bridgehead atoms. The molecule has 0 saturated carbocycles. The van der Waals surface area contributed by atoms with E-state index >= 15 is 0 Å². The van der Waals surface area contributed by atoms with E-state index in [1.165, 1.54) is 0 Å². The van der Waals surface area contributed by atoms with Crippen molar-refractivity contribution in [2.24, 2.45) is 5.92 Å². The number of morpholine rings is 1. The number of rotatable bonds is 2. The summed E-state index contributed by atoms with van der Waals surface area (Å²) in [6.45, 7) is 7.98. The summed E-state index contributed by atoms with van der Waals surface area (Å²) in [6.07, 6.45) is 0. The van der Waals surface area contributed by atoms with Gasteiger partial charge in [-0.2, -0.15) is 0 Å². The lowest BCUT2D eigenvalue weighted by Gasteiger charge is -2.34. The minimum atomic E-state index is -0.137. The Labute approximate surface area is 137 Å². The highest BCUT2D eigenvalue weighted by Crippen LogP contribution is 2.36. The third-order valence-electron chi connectivity index (χ3n) is 5.40. The molecule has 1 amide bonds. The molecule has 4 rings (SSSR count). The van der Waals surface area contributed by atoms with Gasteiger partial charge in [0.1, 0.15) is 18.3 Å². The van der Waals surface area contributed by atoms with Crippen molar-refractivity contribution in [1.29, 1.82) is 0 Å². The Morgan fingerprint density at radius 2 is 1.96 bits per heavy atom. The number of amides is 1. The highest BCUT2D eigenvalue weighted by molar-refractivity contribution is 5.86. The van der Waals surface area contributed by atoms with Gasteiger partial charge >= 0.3 is 0 Å². The molecule has 1 aromatic carbocycles. The van der Waals surface area contributed by atoms with Gasteiger partial charge in [0, 0.05) is 37.8 Å². The molecule has 1 aromatic rings. The molecule has 2 fully saturated rings. The Morgan fingerprint density at radius 3 is 2.78 bits per heavy atom. The number of carbonyl (C=O) groups is 1. The van der Waals surface area contributed by atoms with Gasteiger partial charge in [0.05, 0.1) is 13.2 Å². The number of nitrogens with zero attached hydrogens (tertiary/aromatic N) is 2. The highest BCUT2D eigenvalue weighted by atomic mass is 16.5. The normalized spacial score (nSPS) is 31.0. The molecule has 2 saturated heterocycles. The summed E-state index contributed by atoms with van der Waals surface area (Å²) < 4.78 is 11.1. The summed E-state index contributed by atoms with van der Waals surface area (Å²) in [5.74, 6) is 1.46. The number of ether oxygens (including phenoxy) is 2. The lowest BCUT2D eigenvalue weighted by Crippen LogP contribution is -2.47. The molecule has 3 atom stereocenters. The van der Waals surface area contributed by atoms with Gasteiger partial charge in [-0.05, 0) is 12.0 Å². The molecule has 0 spiro atoms. The number of para-hydroxylation sites is 1. The molecular weight excluding hydrogens is 292 g/mol. The van der Waals surface area contributed by atoms with Gasteiger partial charge in [0.2, 0.25) is 5.91 Å². The second kappa shape index (κ2) is 6.13. The van der Waals surface area contributed by atoms with E-state index < -0.39 is 0 Å². The van der Waals surface area contributed by atoms with Gasteiger partial charge in [0.25, 0.3) is 0 Å². The van der Waals surface area contributed by atoms with Crippen LogP contribution >= 0.6 is 0 Å². The van der Waals surface area contributed by atoms with Crippen LogP contribution in [0.4, 0.5) is 0 Å². The molecule has 124 valence electrons. The summed E-state index contributed by atoms with van der Waals surface area (Å²) in [7, 11) is 0. The molecule has 5 heteroatoms. The largest absolute Gasteiger partial charge is 0.492 e. The number of hydrogen-bond donors (Lipinski definition) is 0. The minimum absolute atomic E-state index is 0.137. The van der Waals surface area contributed by atoms with Gasteiger partial charge in [-0.1, -0.05) is 25.1 Å². The lowest BCUT2D eigenvalue weighted by atomic mass is 10.00. The van der Waals surface area contributed by atoms with Crippen LogP contribution in [0.15, 0.2) is 24.3 Å². The number of benzene rings is 1. The topological polar surface area (TPSA) is 42.0 Å². The summed E-state index contributed by atoms with van der Waals surface area (Å²) in [5.41, 5.74) is 1.04. The molecule has 3 heterocycles. The Bertz CT molecular complexity index is 585. The monoisotopic (exact) mass is 316 g/mol. The number of fused-ring (bicyclic) bond motifs is 1. The maximum atomic E-state index is 13.0. The average Bonchev–Trinajstić information content (AvgIpc) is 3.19. The molecule has 0 aromatic heterocycles. The first-order valence-electron chi connectivity index (χ1n) is 8.56. The van der Waals surface area contributed by atoms with Gasteiger partial charge in [0.15, 0.2) is 0 Å². The van der Waals surface area contributed by atoms with E-state index in [0.29, 0.717) is 18.6 Å². The van der Waals surface area contributed by atoms with Crippen LogP contribution in [0.3, 0.4) is 0 Å². The summed E-state index contributed by atoms with van der Waals surface area (Å²) in [5, 5.41) is 0. The smallest absolute Gasteiger partial charge is 0.233 e. The SMILES string of the molecule is C[C@@H]1CN(C(=O)[C@H]2COc3ccccc32)C[C@@H]1N1CCOCC1. The maximum Gasteiger partial charge on any atom is 0.233 e. The maximum absolute atomic E-state index is 13.0. The van der Waals surface area contributed by atoms with E-state index in [9.17, 15) is 4.79 Å². The van der Waals surface area contributed by atoms with Crippen LogP contribution < -0.4 is 4.74 Å². The van der Waals surface area contributed by atoms with Crippen molar-refractivity contribution in [3.63, 3.8) is 0 Å². The van der Waals surface area contributed by atoms with Crippen LogP contribution in [0.25, 0.3) is 0 Å². The van der Waals surface area contributed by atoms with Crippen LogP contribution in [-0.2, 0) is 9.53 Å². The third kappa shape index (κ3) is 2.72. The Hall–Kier alpha value is -1.59. The van der Waals surface area contributed by atoms with E-state index in [4.69, 9.17) is 9.47 Å². The minimum Gasteiger partial charge on any atom is -0.492 e. The summed E-state index contributed by atoms with van der Waals surface area (Å²) >= 11 is 0. The van der Waals surface area contributed by atoms with Gasteiger partial charge in [-0.3, -0.25) is 9.69 Å². The summed E-state index contributed by atoms with van der Waals surface area (Å²) in [6, 6.07) is 8.37. The fraction of sp³-hybridized carbons (Fsp3) is 0.611. The van der Waals surface area contributed by atoms with Crippen LogP contribution in [0.5, 0.6) is 5.75 Å². The van der Waals surface area contributed by atoms with Crippen molar-refractivity contribution in [3.8, 4) is 5.75 Å². The van der Waals surface area contributed by atoms with Crippen LogP contribution in [-0.4, -0.2) is 67.7 Å². The molecule has 0 unspecified atom stereocenters. The van der Waals surface area contributed by atoms with Crippen molar-refractivity contribution >= 4 is 5.91 Å². The molecule has 0 aliphatic carbocycles. The Morgan fingerprint density at radius 1 is 1.17 bits per heavy atom. The summed E-state index contributed by atoms with van der Waals surface area (Å²) in [4.78, 5) is 17.5. The first-order chi connectivity index (χ1) is 11.2. The molecule has 23 heavy (non-hydrogen) atoms. The van der Waals surface area contributed by atoms with E-state index in [2.05, 4.69) is 11.8 Å². The molecule has 0 radical (unpaired) electrons. The Balaban J connectivity index is 1.46. The molecule has 0 N–H and O–H groups in total. The second-order valence-corrected chi connectivity index (χ2v) is 6.84. The number of carbonyl (C=O) groups excluding carboxylic acids is 1. The number of hydrogen-bond acceptors (Lipinski definition) is 4. The van der Waals surface area contributed by atoms with E-state index in [0.717, 1.165) is 50.7 Å². The number of likely N-dealkylation sites (tertiary alicyclic amines) is 1. The molecule has 5 nitrogen and oxygen atoms in total. The Kier molecular flexibility index (Phi) is 3.99. The zero-order valence-corrected chi connectivity index (χ0v) is 13.6. The zero-order valence-electron chi connectivity index (χ0n) is 13.6. The third-order valence-corrected chi connectivity index (χ3v) is 5.40. The predicted octanol–water partition coefficient (Wildman–Crippen LogP) is 1.34. The highest BCUT2D eigenvalue weighted by Gasteiger charge is 2.40.